The summed E-state index contributed by atoms with van der Waals surface area (Å²) in [6.07, 6.45) is 2.78. The van der Waals surface area contributed by atoms with Crippen LogP contribution in [-0.2, 0) is 0 Å². The normalized spacial score (nSPS) is 13.0. The fraction of sp³-hybridized carbons (Fsp3) is 0.364. The van der Waals surface area contributed by atoms with Gasteiger partial charge in [-0.25, -0.2) is 0 Å². The maximum absolute atomic E-state index is 9.34. The fourth-order valence-corrected chi connectivity index (χ4v) is 1.08. The lowest BCUT2D eigenvalue weighted by Gasteiger charge is -2.02. The van der Waals surface area contributed by atoms with Crippen molar-refractivity contribution in [3.8, 4) is 0 Å². The van der Waals surface area contributed by atoms with Gasteiger partial charge in [-0.1, -0.05) is 31.5 Å². The van der Waals surface area contributed by atoms with Crippen LogP contribution in [0.2, 0.25) is 0 Å². The fourth-order valence-electron chi connectivity index (χ4n) is 1.08. The van der Waals surface area contributed by atoms with Crippen LogP contribution < -0.4 is 5.43 Å². The van der Waals surface area contributed by atoms with Gasteiger partial charge in [0.25, 0.3) is 0 Å². The molecule has 0 bridgehead atoms. The van der Waals surface area contributed by atoms with Crippen LogP contribution in [0.3, 0.4) is 0 Å². The molecule has 0 aliphatic rings. The molecule has 0 radical (unpaired) electrons. The van der Waals surface area contributed by atoms with Crippen molar-refractivity contribution in [1.82, 2.24) is 0 Å². The first kappa shape index (κ1) is 10.7. The van der Waals surface area contributed by atoms with Gasteiger partial charge >= 0.3 is 0 Å². The van der Waals surface area contributed by atoms with Crippen molar-refractivity contribution in [1.29, 1.82) is 0 Å². The van der Waals surface area contributed by atoms with Crippen molar-refractivity contribution in [2.24, 2.45) is 5.10 Å². The molecule has 0 fully saturated rings. The van der Waals surface area contributed by atoms with E-state index in [0.717, 1.165) is 18.5 Å². The topological polar surface area (TPSA) is 44.6 Å². The molecule has 0 saturated carbocycles. The summed E-state index contributed by atoms with van der Waals surface area (Å²) in [5.41, 5.74) is 3.77. The second kappa shape index (κ2) is 6.16. The van der Waals surface area contributed by atoms with Crippen LogP contribution in [0, 0.1) is 0 Å². The van der Waals surface area contributed by atoms with Crippen LogP contribution in [0.15, 0.2) is 35.4 Å². The summed E-state index contributed by atoms with van der Waals surface area (Å²) >= 11 is 0. The molecule has 1 atom stereocenters. The number of hydrogen-bond donors (Lipinski definition) is 2. The van der Waals surface area contributed by atoms with Crippen LogP contribution in [-0.4, -0.2) is 17.4 Å². The Morgan fingerprint density at radius 1 is 1.43 bits per heavy atom. The molecule has 3 heteroatoms. The van der Waals surface area contributed by atoms with Crippen LogP contribution >= 0.6 is 0 Å². The number of rotatable bonds is 5. The van der Waals surface area contributed by atoms with Crippen LogP contribution in [0.25, 0.3) is 0 Å². The van der Waals surface area contributed by atoms with Gasteiger partial charge in [-0.3, -0.25) is 5.43 Å². The molecule has 0 aromatic heterocycles. The summed E-state index contributed by atoms with van der Waals surface area (Å²) in [6.45, 7) is 2.03. The molecule has 0 amide bonds. The molecule has 0 saturated heterocycles. The van der Waals surface area contributed by atoms with Crippen molar-refractivity contribution in [3.63, 3.8) is 0 Å². The molecule has 0 aliphatic heterocycles. The first-order valence-corrected chi connectivity index (χ1v) is 4.85. The quantitative estimate of drug-likeness (QED) is 0.555. The number of nitrogens with zero attached hydrogens (tertiary/aromatic N) is 1. The largest absolute Gasteiger partial charge is 0.387 e. The third kappa shape index (κ3) is 4.05. The van der Waals surface area contributed by atoms with Crippen LogP contribution in [0.4, 0.5) is 5.69 Å². The van der Waals surface area contributed by atoms with E-state index in [9.17, 15) is 5.11 Å². The van der Waals surface area contributed by atoms with Gasteiger partial charge in [0.1, 0.15) is 0 Å². The second-order valence-electron chi connectivity index (χ2n) is 3.11. The summed E-state index contributed by atoms with van der Waals surface area (Å²) in [6, 6.07) is 9.65. The van der Waals surface area contributed by atoms with E-state index in [4.69, 9.17) is 0 Å². The number of para-hydroxylation sites is 1. The Bertz CT molecular complexity index is 272. The maximum Gasteiger partial charge on any atom is 0.0908 e. The SMILES string of the molecule is CCCC(O)C=NNc1ccccc1. The number of nitrogens with one attached hydrogen (secondary N) is 1. The zero-order valence-electron chi connectivity index (χ0n) is 8.35. The third-order valence-electron chi connectivity index (χ3n) is 1.80. The lowest BCUT2D eigenvalue weighted by atomic mass is 10.2. The lowest BCUT2D eigenvalue weighted by Crippen LogP contribution is -2.08. The summed E-state index contributed by atoms with van der Waals surface area (Å²) in [5, 5.41) is 13.3. The molecule has 1 unspecified atom stereocenters. The predicted octanol–water partition coefficient (Wildman–Crippen LogP) is 2.25. The predicted molar refractivity (Wildman–Crippen MR) is 59.5 cm³/mol. The van der Waals surface area contributed by atoms with E-state index in [1.54, 1.807) is 0 Å². The van der Waals surface area contributed by atoms with E-state index >= 15 is 0 Å². The maximum atomic E-state index is 9.34. The summed E-state index contributed by atoms with van der Waals surface area (Å²) in [5.74, 6) is 0. The molecule has 76 valence electrons. The van der Waals surface area contributed by atoms with Crippen LogP contribution in [0.1, 0.15) is 19.8 Å². The lowest BCUT2D eigenvalue weighted by molar-refractivity contribution is 0.234. The highest BCUT2D eigenvalue weighted by Gasteiger charge is 1.95. The number of aliphatic hydroxyl groups is 1. The van der Waals surface area contributed by atoms with Crippen molar-refractivity contribution in [2.75, 3.05) is 5.43 Å². The molecule has 1 rings (SSSR count). The number of hydrogen-bond acceptors (Lipinski definition) is 3. The van der Waals surface area contributed by atoms with Gasteiger partial charge in [0.2, 0.25) is 0 Å². The highest BCUT2D eigenvalue weighted by atomic mass is 16.3. The van der Waals surface area contributed by atoms with E-state index in [1.165, 1.54) is 6.21 Å². The molecule has 0 spiro atoms. The Labute approximate surface area is 84.5 Å². The minimum Gasteiger partial charge on any atom is -0.387 e. The van der Waals surface area contributed by atoms with E-state index in [2.05, 4.69) is 10.5 Å². The molecule has 0 heterocycles. The van der Waals surface area contributed by atoms with Gasteiger partial charge in [-0.05, 0) is 18.6 Å². The molecule has 2 N–H and O–H groups in total. The highest BCUT2D eigenvalue weighted by molar-refractivity contribution is 5.64. The number of aliphatic hydroxyl groups excluding tert-OH is 1. The Balaban J connectivity index is 2.33. The minimum atomic E-state index is -0.448. The van der Waals surface area contributed by atoms with Gasteiger partial charge < -0.3 is 5.11 Å². The summed E-state index contributed by atoms with van der Waals surface area (Å²) in [4.78, 5) is 0. The van der Waals surface area contributed by atoms with E-state index < -0.39 is 6.10 Å². The average Bonchev–Trinajstić information content (AvgIpc) is 2.20. The Kier molecular flexibility index (Phi) is 4.72. The van der Waals surface area contributed by atoms with E-state index in [0.29, 0.717) is 0 Å². The molecule has 1 aromatic carbocycles. The number of hydrazone groups is 1. The van der Waals surface area contributed by atoms with Gasteiger partial charge in [-0.2, -0.15) is 5.10 Å². The number of anilines is 1. The summed E-state index contributed by atoms with van der Waals surface area (Å²) in [7, 11) is 0. The van der Waals surface area contributed by atoms with Crippen molar-refractivity contribution in [3.05, 3.63) is 30.3 Å². The summed E-state index contributed by atoms with van der Waals surface area (Å²) < 4.78 is 0. The molecular weight excluding hydrogens is 176 g/mol. The highest BCUT2D eigenvalue weighted by Crippen LogP contribution is 2.04. The van der Waals surface area contributed by atoms with Gasteiger partial charge in [0.05, 0.1) is 18.0 Å². The molecular formula is C11H16N2O. The molecule has 14 heavy (non-hydrogen) atoms. The first-order valence-electron chi connectivity index (χ1n) is 4.85. The minimum absolute atomic E-state index is 0.448. The zero-order chi connectivity index (χ0) is 10.2. The smallest absolute Gasteiger partial charge is 0.0908 e. The second-order valence-corrected chi connectivity index (χ2v) is 3.11. The van der Waals surface area contributed by atoms with Gasteiger partial charge in [0, 0.05) is 0 Å². The monoisotopic (exact) mass is 192 g/mol. The van der Waals surface area contributed by atoms with Crippen LogP contribution in [0.5, 0.6) is 0 Å². The van der Waals surface area contributed by atoms with Crippen molar-refractivity contribution >= 4 is 11.9 Å². The van der Waals surface area contributed by atoms with Crippen molar-refractivity contribution in [2.45, 2.75) is 25.9 Å². The molecule has 0 aliphatic carbocycles. The van der Waals surface area contributed by atoms with E-state index in [-0.39, 0.29) is 0 Å². The van der Waals surface area contributed by atoms with Crippen molar-refractivity contribution < 1.29 is 5.11 Å². The van der Waals surface area contributed by atoms with Gasteiger partial charge in [0.15, 0.2) is 0 Å². The Morgan fingerprint density at radius 2 is 2.14 bits per heavy atom. The van der Waals surface area contributed by atoms with E-state index in [1.807, 2.05) is 37.3 Å². The Morgan fingerprint density at radius 3 is 2.79 bits per heavy atom. The van der Waals surface area contributed by atoms with Gasteiger partial charge in [-0.15, -0.1) is 0 Å². The molecule has 3 nitrogen and oxygen atoms in total. The number of benzene rings is 1. The zero-order valence-corrected chi connectivity index (χ0v) is 8.35. The molecule has 1 aromatic rings. The third-order valence-corrected chi connectivity index (χ3v) is 1.80. The standard InChI is InChI=1S/C11H16N2O/c1-2-6-11(14)9-12-13-10-7-4-3-5-8-10/h3-5,7-9,11,13-14H,2,6H2,1H3. The average molecular weight is 192 g/mol. The Hall–Kier alpha value is -1.35. The first-order chi connectivity index (χ1) is 6.83.